The van der Waals surface area contributed by atoms with Crippen LogP contribution in [0.5, 0.6) is 0 Å². The van der Waals surface area contributed by atoms with Gasteiger partial charge in [0.25, 0.3) is 0 Å². The van der Waals surface area contributed by atoms with Gasteiger partial charge in [-0.1, -0.05) is 0 Å². The van der Waals surface area contributed by atoms with Crippen LogP contribution in [0.4, 0.5) is 4.79 Å². The fourth-order valence-corrected chi connectivity index (χ4v) is 0.892. The molecule has 1 rings (SSSR count). The Balaban J connectivity index is 2.04. The third kappa shape index (κ3) is 2.73. The van der Waals surface area contributed by atoms with Crippen LogP contribution in [0.15, 0.2) is 0 Å². The Morgan fingerprint density at radius 1 is 1.82 bits per heavy atom. The number of nitrogens with one attached hydrogen (secondary N) is 2. The molecule has 1 amide bonds. The second-order valence-corrected chi connectivity index (χ2v) is 2.37. The van der Waals surface area contributed by atoms with Gasteiger partial charge in [0.2, 0.25) is 0 Å². The summed E-state index contributed by atoms with van der Waals surface area (Å²) in [6, 6.07) is 0.0500. The molecule has 1 heterocycles. The maximum Gasteiger partial charge on any atom is 0.407 e. The molecule has 1 aliphatic heterocycles. The Morgan fingerprint density at radius 2 is 2.64 bits per heavy atom. The first-order chi connectivity index (χ1) is 5.33. The van der Waals surface area contributed by atoms with E-state index in [4.69, 9.17) is 5.11 Å². The van der Waals surface area contributed by atoms with Crippen LogP contribution in [-0.2, 0) is 4.74 Å². The van der Waals surface area contributed by atoms with Crippen molar-refractivity contribution < 1.29 is 14.6 Å². The number of carbonyl (C=O) groups excluding carboxylic acids is 1. The second-order valence-electron chi connectivity index (χ2n) is 2.37. The number of alkyl carbamates (subject to hydrolysis) is 1. The summed E-state index contributed by atoms with van der Waals surface area (Å²) in [5, 5.41) is 14.0. The van der Waals surface area contributed by atoms with Crippen molar-refractivity contribution in [2.75, 3.05) is 26.3 Å². The topological polar surface area (TPSA) is 70.6 Å². The number of aliphatic hydroxyl groups excluding tert-OH is 1. The Morgan fingerprint density at radius 3 is 3.18 bits per heavy atom. The van der Waals surface area contributed by atoms with Crippen molar-refractivity contribution in [2.24, 2.45) is 0 Å². The minimum atomic E-state index is -0.360. The van der Waals surface area contributed by atoms with E-state index >= 15 is 0 Å². The summed E-state index contributed by atoms with van der Waals surface area (Å²) in [5.41, 5.74) is 0. The lowest BCUT2D eigenvalue weighted by molar-refractivity contribution is 0.176. The SMILES string of the molecule is O=C1NC(CNCCO)CO1. The Bertz CT molecular complexity index is 140. The zero-order chi connectivity index (χ0) is 8.10. The highest BCUT2D eigenvalue weighted by molar-refractivity contribution is 5.69. The summed E-state index contributed by atoms with van der Waals surface area (Å²) in [6.45, 7) is 1.72. The average Bonchev–Trinajstić information content (AvgIpc) is 2.37. The molecule has 0 bridgehead atoms. The van der Waals surface area contributed by atoms with E-state index in [0.717, 1.165) is 0 Å². The number of hydrogen-bond donors (Lipinski definition) is 3. The van der Waals surface area contributed by atoms with Crippen LogP contribution in [0.25, 0.3) is 0 Å². The Kier molecular flexibility index (Phi) is 3.13. The lowest BCUT2D eigenvalue weighted by Gasteiger charge is -2.06. The van der Waals surface area contributed by atoms with Gasteiger partial charge in [-0.25, -0.2) is 4.79 Å². The van der Waals surface area contributed by atoms with Crippen molar-refractivity contribution in [3.05, 3.63) is 0 Å². The molecule has 1 unspecified atom stereocenters. The van der Waals surface area contributed by atoms with Gasteiger partial charge in [0.1, 0.15) is 6.61 Å². The molecule has 0 radical (unpaired) electrons. The van der Waals surface area contributed by atoms with Crippen molar-refractivity contribution in [3.63, 3.8) is 0 Å². The summed E-state index contributed by atoms with van der Waals surface area (Å²) in [4.78, 5) is 10.5. The van der Waals surface area contributed by atoms with Crippen molar-refractivity contribution >= 4 is 6.09 Å². The number of carbonyl (C=O) groups is 1. The molecule has 0 spiro atoms. The van der Waals surface area contributed by atoms with Gasteiger partial charge in [-0.15, -0.1) is 0 Å². The van der Waals surface area contributed by atoms with Gasteiger partial charge in [0.05, 0.1) is 12.6 Å². The standard InChI is InChI=1S/C6H12N2O3/c9-2-1-7-3-5-4-11-6(10)8-5/h5,7,9H,1-4H2,(H,8,10). The van der Waals surface area contributed by atoms with Crippen LogP contribution in [0.3, 0.4) is 0 Å². The minimum absolute atomic E-state index is 0.0500. The van der Waals surface area contributed by atoms with Gasteiger partial charge in [-0.05, 0) is 0 Å². The highest BCUT2D eigenvalue weighted by atomic mass is 16.6. The van der Waals surface area contributed by atoms with Crippen LogP contribution in [-0.4, -0.2) is 43.5 Å². The molecule has 5 heteroatoms. The molecule has 0 aromatic rings. The van der Waals surface area contributed by atoms with Crippen LogP contribution < -0.4 is 10.6 Å². The van der Waals surface area contributed by atoms with Crippen molar-refractivity contribution in [1.82, 2.24) is 10.6 Å². The summed E-state index contributed by atoms with van der Waals surface area (Å²) in [6.07, 6.45) is -0.360. The molecule has 11 heavy (non-hydrogen) atoms. The van der Waals surface area contributed by atoms with Crippen LogP contribution in [0.1, 0.15) is 0 Å². The molecule has 1 saturated heterocycles. The maximum absolute atomic E-state index is 10.5. The quantitative estimate of drug-likeness (QED) is 0.446. The lowest BCUT2D eigenvalue weighted by Crippen LogP contribution is -2.37. The molecule has 0 aliphatic carbocycles. The first kappa shape index (κ1) is 8.29. The smallest absolute Gasteiger partial charge is 0.407 e. The zero-order valence-electron chi connectivity index (χ0n) is 6.17. The molecular formula is C6H12N2O3. The third-order valence-corrected chi connectivity index (χ3v) is 1.42. The molecule has 1 atom stereocenters. The summed E-state index contributed by atoms with van der Waals surface area (Å²) >= 11 is 0. The molecule has 5 nitrogen and oxygen atoms in total. The first-order valence-electron chi connectivity index (χ1n) is 3.58. The molecule has 1 aliphatic rings. The molecule has 0 aromatic heterocycles. The predicted octanol–water partition coefficient (Wildman–Crippen LogP) is -1.32. The van der Waals surface area contributed by atoms with Crippen molar-refractivity contribution in [3.8, 4) is 0 Å². The van der Waals surface area contributed by atoms with Crippen LogP contribution in [0, 0.1) is 0 Å². The third-order valence-electron chi connectivity index (χ3n) is 1.42. The Labute approximate surface area is 64.7 Å². The summed E-state index contributed by atoms with van der Waals surface area (Å²) < 4.78 is 4.64. The van der Waals surface area contributed by atoms with E-state index in [2.05, 4.69) is 15.4 Å². The fraction of sp³-hybridized carbons (Fsp3) is 0.833. The molecule has 3 N–H and O–H groups in total. The number of hydrogen-bond acceptors (Lipinski definition) is 4. The van der Waals surface area contributed by atoms with E-state index < -0.39 is 0 Å². The maximum atomic E-state index is 10.5. The van der Waals surface area contributed by atoms with Crippen molar-refractivity contribution in [1.29, 1.82) is 0 Å². The van der Waals surface area contributed by atoms with Gasteiger partial charge in [-0.2, -0.15) is 0 Å². The molecular weight excluding hydrogens is 148 g/mol. The summed E-state index contributed by atoms with van der Waals surface area (Å²) in [7, 11) is 0. The van der Waals surface area contributed by atoms with Gasteiger partial charge in [0, 0.05) is 13.1 Å². The molecule has 64 valence electrons. The number of ether oxygens (including phenoxy) is 1. The molecule has 1 fully saturated rings. The molecule has 0 aromatic carbocycles. The highest BCUT2D eigenvalue weighted by Gasteiger charge is 2.20. The minimum Gasteiger partial charge on any atom is -0.447 e. The first-order valence-corrected chi connectivity index (χ1v) is 3.58. The van der Waals surface area contributed by atoms with Gasteiger partial charge >= 0.3 is 6.09 Å². The Hall–Kier alpha value is -0.810. The van der Waals surface area contributed by atoms with Crippen LogP contribution >= 0.6 is 0 Å². The lowest BCUT2D eigenvalue weighted by atomic mass is 10.3. The largest absolute Gasteiger partial charge is 0.447 e. The van der Waals surface area contributed by atoms with Gasteiger partial charge in [0.15, 0.2) is 0 Å². The number of aliphatic hydroxyl groups is 1. The van der Waals surface area contributed by atoms with Crippen molar-refractivity contribution in [2.45, 2.75) is 6.04 Å². The number of cyclic esters (lactones) is 1. The van der Waals surface area contributed by atoms with Gasteiger partial charge in [-0.3, -0.25) is 0 Å². The van der Waals surface area contributed by atoms with Gasteiger partial charge < -0.3 is 20.5 Å². The highest BCUT2D eigenvalue weighted by Crippen LogP contribution is 1.94. The fourth-order valence-electron chi connectivity index (χ4n) is 0.892. The normalized spacial score (nSPS) is 23.0. The second kappa shape index (κ2) is 4.15. The van der Waals surface area contributed by atoms with E-state index in [9.17, 15) is 4.79 Å². The van der Waals surface area contributed by atoms with E-state index in [-0.39, 0.29) is 18.7 Å². The van der Waals surface area contributed by atoms with Crippen LogP contribution in [0.2, 0.25) is 0 Å². The number of amides is 1. The zero-order valence-corrected chi connectivity index (χ0v) is 6.17. The predicted molar refractivity (Wildman–Crippen MR) is 38.2 cm³/mol. The summed E-state index contributed by atoms with van der Waals surface area (Å²) in [5.74, 6) is 0. The average molecular weight is 160 g/mol. The van der Waals surface area contributed by atoms with E-state index in [1.165, 1.54) is 0 Å². The number of rotatable bonds is 4. The van der Waals surface area contributed by atoms with E-state index in [1.807, 2.05) is 0 Å². The van der Waals surface area contributed by atoms with E-state index in [1.54, 1.807) is 0 Å². The van der Waals surface area contributed by atoms with E-state index in [0.29, 0.717) is 19.7 Å². The molecule has 0 saturated carbocycles. The monoisotopic (exact) mass is 160 g/mol.